The Morgan fingerprint density at radius 2 is 1.63 bits per heavy atom. The fraction of sp³-hybridized carbons (Fsp3) is 0.538. The highest BCUT2D eigenvalue weighted by atomic mass is 16.7. The Labute approximate surface area is 113 Å². The average Bonchev–Trinajstić information content (AvgIpc) is 2.51. The van der Waals surface area contributed by atoms with Crippen molar-refractivity contribution in [3.05, 3.63) is 23.8 Å². The van der Waals surface area contributed by atoms with E-state index in [4.69, 9.17) is 15.0 Å². The molecule has 1 aromatic rings. The Bertz CT molecular complexity index is 474. The van der Waals surface area contributed by atoms with Gasteiger partial charge in [-0.05, 0) is 33.8 Å². The van der Waals surface area contributed by atoms with Gasteiger partial charge in [-0.25, -0.2) is 0 Å². The third-order valence-electron chi connectivity index (χ3n) is 3.97. The Hall–Kier alpha value is -1.24. The first-order valence-electron chi connectivity index (χ1n) is 6.28. The van der Waals surface area contributed by atoms with E-state index in [1.165, 1.54) is 6.07 Å². The number of hydrogen-bond acceptors (Lipinski definition) is 5. The van der Waals surface area contributed by atoms with Gasteiger partial charge in [0.2, 0.25) is 0 Å². The lowest BCUT2D eigenvalue weighted by atomic mass is 9.74. The Kier molecular flexibility index (Phi) is 3.29. The van der Waals surface area contributed by atoms with Crippen molar-refractivity contribution >= 4 is 7.12 Å². The maximum Gasteiger partial charge on any atom is 0.480 e. The van der Waals surface area contributed by atoms with Crippen LogP contribution in [0.25, 0.3) is 0 Å². The number of rotatable bonds is 2. The number of hydrogen-bond donors (Lipinski definition) is 3. The van der Waals surface area contributed by atoms with Crippen molar-refractivity contribution in [1.29, 1.82) is 0 Å². The molecule has 1 unspecified atom stereocenters. The number of phenolic OH excluding ortho intramolecular Hbond substituents is 2. The molecule has 4 N–H and O–H groups in total. The molecule has 19 heavy (non-hydrogen) atoms. The van der Waals surface area contributed by atoms with Crippen LogP contribution in [0.2, 0.25) is 0 Å². The summed E-state index contributed by atoms with van der Waals surface area (Å²) in [5, 5.41) is 19.4. The lowest BCUT2D eigenvalue weighted by Gasteiger charge is -2.32. The molecule has 2 rings (SSSR count). The summed E-state index contributed by atoms with van der Waals surface area (Å²) < 4.78 is 11.7. The van der Waals surface area contributed by atoms with Gasteiger partial charge in [-0.15, -0.1) is 0 Å². The summed E-state index contributed by atoms with van der Waals surface area (Å²) in [4.78, 5) is 0. The van der Waals surface area contributed by atoms with E-state index in [1.807, 2.05) is 27.7 Å². The van der Waals surface area contributed by atoms with E-state index in [9.17, 15) is 10.2 Å². The fourth-order valence-corrected chi connectivity index (χ4v) is 2.00. The van der Waals surface area contributed by atoms with Crippen LogP contribution in [0.4, 0.5) is 0 Å². The molecule has 104 valence electrons. The second-order valence-electron chi connectivity index (χ2n) is 5.87. The summed E-state index contributed by atoms with van der Waals surface area (Å²) in [5.41, 5.74) is 5.52. The summed E-state index contributed by atoms with van der Waals surface area (Å²) >= 11 is 0. The van der Waals surface area contributed by atoms with Crippen molar-refractivity contribution in [2.24, 2.45) is 5.73 Å². The summed E-state index contributed by atoms with van der Waals surface area (Å²) in [5.74, 6) is -1.11. The average molecular weight is 265 g/mol. The zero-order valence-electron chi connectivity index (χ0n) is 11.7. The number of benzene rings is 1. The normalized spacial score (nSPS) is 22.5. The molecular formula is C13H20BNO4. The van der Waals surface area contributed by atoms with Gasteiger partial charge < -0.3 is 25.3 Å². The zero-order valence-corrected chi connectivity index (χ0v) is 11.7. The van der Waals surface area contributed by atoms with Gasteiger partial charge in [-0.1, -0.05) is 12.1 Å². The van der Waals surface area contributed by atoms with Crippen LogP contribution in [0.15, 0.2) is 18.2 Å². The highest BCUT2D eigenvalue weighted by molar-refractivity contribution is 6.47. The van der Waals surface area contributed by atoms with Crippen LogP contribution in [-0.2, 0) is 9.31 Å². The quantitative estimate of drug-likeness (QED) is 0.560. The molecule has 0 aromatic heterocycles. The smallest absolute Gasteiger partial charge is 0.480 e. The number of aromatic hydroxyl groups is 2. The van der Waals surface area contributed by atoms with Crippen molar-refractivity contribution in [3.8, 4) is 11.5 Å². The van der Waals surface area contributed by atoms with Gasteiger partial charge in [-0.2, -0.15) is 0 Å². The van der Waals surface area contributed by atoms with Crippen molar-refractivity contribution < 1.29 is 19.5 Å². The molecule has 5 nitrogen and oxygen atoms in total. The molecule has 1 aliphatic heterocycles. The van der Waals surface area contributed by atoms with Crippen LogP contribution in [0, 0.1) is 0 Å². The Balaban J connectivity index is 2.27. The van der Waals surface area contributed by atoms with E-state index in [0.29, 0.717) is 5.56 Å². The van der Waals surface area contributed by atoms with Gasteiger partial charge >= 0.3 is 7.12 Å². The van der Waals surface area contributed by atoms with Crippen LogP contribution >= 0.6 is 0 Å². The number of nitrogens with two attached hydrogens (primary N) is 1. The molecule has 0 saturated carbocycles. The molecule has 1 heterocycles. The Morgan fingerprint density at radius 3 is 2.16 bits per heavy atom. The maximum atomic E-state index is 9.85. The number of para-hydroxylation sites is 1. The van der Waals surface area contributed by atoms with Gasteiger partial charge in [0, 0.05) is 5.56 Å². The molecule has 1 fully saturated rings. The standard InChI is InChI=1S/C13H20BNO4/c1-12(2)13(3,4)19-14(18-12)11(15)8-6-5-7-9(16)10(8)17/h5-7,11,16-17H,15H2,1-4H3. The zero-order chi connectivity index (χ0) is 14.4. The highest BCUT2D eigenvalue weighted by Gasteiger charge is 2.53. The maximum absolute atomic E-state index is 9.85. The van der Waals surface area contributed by atoms with E-state index in [2.05, 4.69) is 0 Å². The van der Waals surface area contributed by atoms with Gasteiger partial charge in [0.1, 0.15) is 0 Å². The molecule has 6 heteroatoms. The van der Waals surface area contributed by atoms with Crippen LogP contribution in [0.1, 0.15) is 39.2 Å². The molecule has 0 bridgehead atoms. The lowest BCUT2D eigenvalue weighted by molar-refractivity contribution is 0.00578. The first kappa shape index (κ1) is 14.2. The van der Waals surface area contributed by atoms with E-state index in [0.717, 1.165) is 0 Å². The molecule has 1 aliphatic rings. The predicted octanol–water partition coefficient (Wildman–Crippen LogP) is 1.73. The first-order valence-corrected chi connectivity index (χ1v) is 6.28. The second-order valence-corrected chi connectivity index (χ2v) is 5.87. The van der Waals surface area contributed by atoms with Crippen LogP contribution in [-0.4, -0.2) is 28.5 Å². The van der Waals surface area contributed by atoms with Crippen molar-refractivity contribution in [1.82, 2.24) is 0 Å². The van der Waals surface area contributed by atoms with Crippen LogP contribution < -0.4 is 5.73 Å². The van der Waals surface area contributed by atoms with Crippen LogP contribution in [0.5, 0.6) is 11.5 Å². The molecule has 1 atom stereocenters. The van der Waals surface area contributed by atoms with E-state index < -0.39 is 24.3 Å². The minimum Gasteiger partial charge on any atom is -0.504 e. The molecule has 1 saturated heterocycles. The van der Waals surface area contributed by atoms with Crippen molar-refractivity contribution in [3.63, 3.8) is 0 Å². The summed E-state index contributed by atoms with van der Waals surface area (Å²) in [7, 11) is -0.669. The molecule has 0 spiro atoms. The SMILES string of the molecule is CC1(C)OB(C(N)c2cccc(O)c2O)OC1(C)C. The first-order chi connectivity index (χ1) is 8.66. The molecule has 0 aliphatic carbocycles. The van der Waals surface area contributed by atoms with E-state index >= 15 is 0 Å². The van der Waals surface area contributed by atoms with E-state index in [-0.39, 0.29) is 11.5 Å². The van der Waals surface area contributed by atoms with E-state index in [1.54, 1.807) is 12.1 Å². The summed E-state index contributed by atoms with van der Waals surface area (Å²) in [6.07, 6.45) is 0. The fourth-order valence-electron chi connectivity index (χ4n) is 2.00. The van der Waals surface area contributed by atoms with Gasteiger partial charge in [-0.3, -0.25) is 0 Å². The van der Waals surface area contributed by atoms with Gasteiger partial charge in [0.25, 0.3) is 0 Å². The van der Waals surface area contributed by atoms with Gasteiger partial charge in [0.15, 0.2) is 11.5 Å². The largest absolute Gasteiger partial charge is 0.504 e. The van der Waals surface area contributed by atoms with Crippen molar-refractivity contribution in [2.45, 2.75) is 44.8 Å². The molecular weight excluding hydrogens is 245 g/mol. The summed E-state index contributed by atoms with van der Waals surface area (Å²) in [6.45, 7) is 7.73. The lowest BCUT2D eigenvalue weighted by Crippen LogP contribution is -2.41. The minimum atomic E-state index is -0.673. The van der Waals surface area contributed by atoms with Gasteiger partial charge in [0.05, 0.1) is 17.1 Å². The highest BCUT2D eigenvalue weighted by Crippen LogP contribution is 2.41. The topological polar surface area (TPSA) is 84.9 Å². The van der Waals surface area contributed by atoms with Crippen LogP contribution in [0.3, 0.4) is 0 Å². The second kappa shape index (κ2) is 4.40. The predicted molar refractivity (Wildman–Crippen MR) is 72.8 cm³/mol. The monoisotopic (exact) mass is 265 g/mol. The summed E-state index contributed by atoms with van der Waals surface area (Å²) in [6, 6.07) is 4.66. The molecule has 1 aromatic carbocycles. The third-order valence-corrected chi connectivity index (χ3v) is 3.97. The minimum absolute atomic E-state index is 0.204. The van der Waals surface area contributed by atoms with Crippen molar-refractivity contribution in [2.75, 3.05) is 0 Å². The number of phenols is 2. The molecule has 0 radical (unpaired) electrons. The Morgan fingerprint density at radius 1 is 1.11 bits per heavy atom. The molecule has 0 amide bonds. The third kappa shape index (κ3) is 2.31.